The van der Waals surface area contributed by atoms with Crippen molar-refractivity contribution in [2.75, 3.05) is 13.7 Å². The van der Waals surface area contributed by atoms with E-state index in [2.05, 4.69) is 17.4 Å². The van der Waals surface area contributed by atoms with Crippen molar-refractivity contribution in [2.24, 2.45) is 0 Å². The van der Waals surface area contributed by atoms with Gasteiger partial charge in [0.2, 0.25) is 0 Å². The summed E-state index contributed by atoms with van der Waals surface area (Å²) in [5, 5.41) is 3.34. The Morgan fingerprint density at radius 3 is 2.50 bits per heavy atom. The number of halogens is 1. The molecule has 2 aromatic carbocycles. The third-order valence-corrected chi connectivity index (χ3v) is 3.32. The summed E-state index contributed by atoms with van der Waals surface area (Å²) in [5.41, 5.74) is 1.87. The van der Waals surface area contributed by atoms with E-state index in [1.54, 1.807) is 19.2 Å². The molecule has 2 aromatic rings. The Bertz CT molecular complexity index is 542. The van der Waals surface area contributed by atoms with E-state index in [1.165, 1.54) is 11.6 Å². The van der Waals surface area contributed by atoms with Crippen LogP contribution in [0.15, 0.2) is 48.5 Å². The summed E-state index contributed by atoms with van der Waals surface area (Å²) in [5.74, 6) is 0.312. The van der Waals surface area contributed by atoms with Crippen molar-refractivity contribution in [3.8, 4) is 5.75 Å². The third-order valence-electron chi connectivity index (χ3n) is 3.32. The molecule has 0 amide bonds. The number of benzene rings is 2. The zero-order valence-corrected chi connectivity index (χ0v) is 11.9. The Morgan fingerprint density at radius 1 is 1.15 bits per heavy atom. The Kier molecular flexibility index (Phi) is 5.13. The maximum atomic E-state index is 14.2. The first-order valence-electron chi connectivity index (χ1n) is 6.85. The number of likely N-dealkylation sites (N-methyl/N-ethyl adjacent to an activating group) is 1. The minimum atomic E-state index is -0.230. The van der Waals surface area contributed by atoms with Crippen LogP contribution in [0.4, 0.5) is 4.39 Å². The molecular formula is C17H20FNO. The topological polar surface area (TPSA) is 21.3 Å². The number of ether oxygens (including phenoxy) is 1. The van der Waals surface area contributed by atoms with Gasteiger partial charge in [-0.3, -0.25) is 0 Å². The standard InChI is InChI=1S/C17H20FNO/c1-3-19-17(11-13-7-5-4-6-8-13)15-10-9-14(20-2)12-16(15)18/h4-10,12,17,19H,3,11H2,1-2H3. The van der Waals surface area contributed by atoms with Gasteiger partial charge in [-0.15, -0.1) is 0 Å². The zero-order chi connectivity index (χ0) is 14.4. The molecule has 0 heterocycles. The molecule has 0 aromatic heterocycles. The molecule has 0 bridgehead atoms. The molecule has 0 radical (unpaired) electrons. The molecule has 0 fully saturated rings. The second kappa shape index (κ2) is 7.06. The smallest absolute Gasteiger partial charge is 0.131 e. The first-order chi connectivity index (χ1) is 9.74. The Hall–Kier alpha value is -1.87. The van der Waals surface area contributed by atoms with Crippen LogP contribution in [0.5, 0.6) is 5.75 Å². The molecule has 0 spiro atoms. The molecule has 3 heteroatoms. The van der Waals surface area contributed by atoms with Gasteiger partial charge < -0.3 is 10.1 Å². The van der Waals surface area contributed by atoms with Gasteiger partial charge in [-0.25, -0.2) is 4.39 Å². The lowest BCUT2D eigenvalue weighted by molar-refractivity contribution is 0.409. The van der Waals surface area contributed by atoms with Crippen LogP contribution in [0.3, 0.4) is 0 Å². The number of hydrogen-bond donors (Lipinski definition) is 1. The molecule has 0 aliphatic heterocycles. The van der Waals surface area contributed by atoms with E-state index in [0.717, 1.165) is 13.0 Å². The fourth-order valence-corrected chi connectivity index (χ4v) is 2.31. The van der Waals surface area contributed by atoms with Crippen molar-refractivity contribution in [1.82, 2.24) is 5.32 Å². The highest BCUT2D eigenvalue weighted by atomic mass is 19.1. The predicted octanol–water partition coefficient (Wildman–Crippen LogP) is 3.73. The fraction of sp³-hybridized carbons (Fsp3) is 0.294. The van der Waals surface area contributed by atoms with Gasteiger partial charge in [0.1, 0.15) is 11.6 Å². The molecule has 1 unspecified atom stereocenters. The van der Waals surface area contributed by atoms with E-state index in [-0.39, 0.29) is 11.9 Å². The summed E-state index contributed by atoms with van der Waals surface area (Å²) >= 11 is 0. The highest BCUT2D eigenvalue weighted by molar-refractivity contribution is 5.32. The van der Waals surface area contributed by atoms with Crippen LogP contribution < -0.4 is 10.1 Å². The second-order valence-corrected chi connectivity index (χ2v) is 4.69. The van der Waals surface area contributed by atoms with Crippen molar-refractivity contribution in [3.05, 3.63) is 65.5 Å². The second-order valence-electron chi connectivity index (χ2n) is 4.69. The van der Waals surface area contributed by atoms with Gasteiger partial charge in [-0.2, -0.15) is 0 Å². The van der Waals surface area contributed by atoms with Crippen molar-refractivity contribution in [2.45, 2.75) is 19.4 Å². The SMILES string of the molecule is CCNC(Cc1ccccc1)c1ccc(OC)cc1F. The lowest BCUT2D eigenvalue weighted by Crippen LogP contribution is -2.24. The molecule has 106 valence electrons. The molecule has 0 aliphatic carbocycles. The molecule has 2 nitrogen and oxygen atoms in total. The largest absolute Gasteiger partial charge is 0.497 e. The van der Waals surface area contributed by atoms with Crippen LogP contribution >= 0.6 is 0 Å². The molecule has 2 rings (SSSR count). The number of rotatable bonds is 6. The van der Waals surface area contributed by atoms with Crippen molar-refractivity contribution >= 4 is 0 Å². The van der Waals surface area contributed by atoms with Crippen LogP contribution in [0.25, 0.3) is 0 Å². The van der Waals surface area contributed by atoms with E-state index < -0.39 is 0 Å². The average molecular weight is 273 g/mol. The molecule has 20 heavy (non-hydrogen) atoms. The third kappa shape index (κ3) is 3.58. The van der Waals surface area contributed by atoms with Crippen molar-refractivity contribution in [1.29, 1.82) is 0 Å². The fourth-order valence-electron chi connectivity index (χ4n) is 2.31. The summed E-state index contributed by atoms with van der Waals surface area (Å²) in [6, 6.07) is 15.1. The molecule has 1 N–H and O–H groups in total. The van der Waals surface area contributed by atoms with Crippen molar-refractivity contribution < 1.29 is 9.13 Å². The first kappa shape index (κ1) is 14.5. The maximum absolute atomic E-state index is 14.2. The van der Waals surface area contributed by atoms with E-state index in [9.17, 15) is 4.39 Å². The van der Waals surface area contributed by atoms with Gasteiger partial charge in [0.15, 0.2) is 0 Å². The average Bonchev–Trinajstić information content (AvgIpc) is 2.48. The number of nitrogens with one attached hydrogen (secondary N) is 1. The van der Waals surface area contributed by atoms with Gasteiger partial charge in [0, 0.05) is 17.7 Å². The molecular weight excluding hydrogens is 253 g/mol. The number of methoxy groups -OCH3 is 1. The maximum Gasteiger partial charge on any atom is 0.131 e. The Morgan fingerprint density at radius 2 is 1.90 bits per heavy atom. The lowest BCUT2D eigenvalue weighted by atomic mass is 9.98. The molecule has 0 aliphatic rings. The first-order valence-corrected chi connectivity index (χ1v) is 6.85. The van der Waals surface area contributed by atoms with Crippen molar-refractivity contribution in [3.63, 3.8) is 0 Å². The summed E-state index contributed by atoms with van der Waals surface area (Å²) in [6.07, 6.45) is 0.762. The van der Waals surface area contributed by atoms with Gasteiger partial charge in [-0.1, -0.05) is 43.3 Å². The van der Waals surface area contributed by atoms with E-state index >= 15 is 0 Å². The van der Waals surface area contributed by atoms with Gasteiger partial charge in [0.25, 0.3) is 0 Å². The van der Waals surface area contributed by atoms with Crippen LogP contribution in [-0.2, 0) is 6.42 Å². The lowest BCUT2D eigenvalue weighted by Gasteiger charge is -2.19. The minimum Gasteiger partial charge on any atom is -0.497 e. The quantitative estimate of drug-likeness (QED) is 0.866. The van der Waals surface area contributed by atoms with E-state index in [4.69, 9.17) is 4.74 Å². The number of hydrogen-bond acceptors (Lipinski definition) is 2. The van der Waals surface area contributed by atoms with Crippen LogP contribution in [0.2, 0.25) is 0 Å². The van der Waals surface area contributed by atoms with E-state index in [0.29, 0.717) is 11.3 Å². The summed E-state index contributed by atoms with van der Waals surface area (Å²) in [7, 11) is 1.54. The summed E-state index contributed by atoms with van der Waals surface area (Å²) in [6.45, 7) is 2.82. The highest BCUT2D eigenvalue weighted by Crippen LogP contribution is 2.24. The van der Waals surface area contributed by atoms with Crippen LogP contribution in [0.1, 0.15) is 24.1 Å². The summed E-state index contributed by atoms with van der Waals surface area (Å²) in [4.78, 5) is 0. The highest BCUT2D eigenvalue weighted by Gasteiger charge is 2.16. The summed E-state index contributed by atoms with van der Waals surface area (Å²) < 4.78 is 19.2. The zero-order valence-electron chi connectivity index (χ0n) is 11.9. The minimum absolute atomic E-state index is 0.0340. The predicted molar refractivity (Wildman–Crippen MR) is 79.5 cm³/mol. The molecule has 0 saturated heterocycles. The monoisotopic (exact) mass is 273 g/mol. The Balaban J connectivity index is 2.24. The Labute approximate surface area is 119 Å². The van der Waals surface area contributed by atoms with Gasteiger partial charge in [-0.05, 0) is 24.6 Å². The molecule has 1 atom stereocenters. The van der Waals surface area contributed by atoms with Crippen LogP contribution in [0, 0.1) is 5.82 Å². The molecule has 0 saturated carbocycles. The van der Waals surface area contributed by atoms with Crippen LogP contribution in [-0.4, -0.2) is 13.7 Å². The van der Waals surface area contributed by atoms with E-state index in [1.807, 2.05) is 25.1 Å². The van der Waals surface area contributed by atoms with Gasteiger partial charge in [0.05, 0.1) is 7.11 Å². The normalized spacial score (nSPS) is 12.2. The van der Waals surface area contributed by atoms with Gasteiger partial charge >= 0.3 is 0 Å².